The number of ether oxygens (including phenoxy) is 1. The molecule has 0 aromatic rings. The smallest absolute Gasteiger partial charge is 0.407 e. The molecule has 0 heterocycles. The Balaban J connectivity index is 3.64. The molecule has 0 aliphatic heterocycles. The summed E-state index contributed by atoms with van der Waals surface area (Å²) in [6, 6.07) is -0.0413. The Morgan fingerprint density at radius 3 is 2.29 bits per heavy atom. The van der Waals surface area contributed by atoms with Gasteiger partial charge >= 0.3 is 12.1 Å². The zero-order chi connectivity index (χ0) is 16.3. The summed E-state index contributed by atoms with van der Waals surface area (Å²) < 4.78 is 5.09. The fourth-order valence-electron chi connectivity index (χ4n) is 1.70. The lowest BCUT2D eigenvalue weighted by Crippen LogP contribution is -2.44. The maximum absolute atomic E-state index is 11.6. The van der Waals surface area contributed by atoms with Gasteiger partial charge in [-0.1, -0.05) is 26.2 Å². The van der Waals surface area contributed by atoms with Crippen LogP contribution in [0.25, 0.3) is 0 Å². The monoisotopic (exact) mass is 301 g/mol. The first-order chi connectivity index (χ1) is 9.74. The first-order valence-electron chi connectivity index (χ1n) is 7.75. The lowest BCUT2D eigenvalue weighted by molar-refractivity contribution is 0.0528. The van der Waals surface area contributed by atoms with Gasteiger partial charge in [0, 0.05) is 19.1 Å². The van der Waals surface area contributed by atoms with E-state index in [4.69, 9.17) is 4.74 Å². The summed E-state index contributed by atoms with van der Waals surface area (Å²) >= 11 is 0. The zero-order valence-electron chi connectivity index (χ0n) is 14.0. The average molecular weight is 301 g/mol. The van der Waals surface area contributed by atoms with Crippen LogP contribution in [0.1, 0.15) is 60.3 Å². The number of carbonyl (C=O) groups is 2. The van der Waals surface area contributed by atoms with Gasteiger partial charge in [0.1, 0.15) is 5.60 Å². The predicted octanol–water partition coefficient (Wildman–Crippen LogP) is 2.78. The molecule has 0 spiro atoms. The van der Waals surface area contributed by atoms with Gasteiger partial charge in [-0.3, -0.25) is 0 Å². The van der Waals surface area contributed by atoms with E-state index in [2.05, 4.69) is 22.9 Å². The Labute approximate surface area is 128 Å². The summed E-state index contributed by atoms with van der Waals surface area (Å²) in [7, 11) is 0. The van der Waals surface area contributed by atoms with Crippen molar-refractivity contribution >= 4 is 12.1 Å². The fraction of sp³-hybridized carbons (Fsp3) is 0.867. The Morgan fingerprint density at radius 1 is 1.10 bits per heavy atom. The molecule has 0 saturated carbocycles. The topological polar surface area (TPSA) is 79.5 Å². The minimum Gasteiger partial charge on any atom is -0.444 e. The van der Waals surface area contributed by atoms with E-state index >= 15 is 0 Å². The average Bonchev–Trinajstić information content (AvgIpc) is 2.33. The Morgan fingerprint density at radius 2 is 1.71 bits per heavy atom. The van der Waals surface area contributed by atoms with Crippen LogP contribution in [0.2, 0.25) is 0 Å². The molecule has 0 aromatic heterocycles. The summed E-state index contributed by atoms with van der Waals surface area (Å²) in [5, 5.41) is 8.16. The van der Waals surface area contributed by atoms with E-state index in [0.29, 0.717) is 13.1 Å². The van der Waals surface area contributed by atoms with E-state index in [1.54, 1.807) is 20.8 Å². The fourth-order valence-corrected chi connectivity index (χ4v) is 1.70. The molecule has 0 radical (unpaired) electrons. The first-order valence-corrected chi connectivity index (χ1v) is 7.75. The maximum Gasteiger partial charge on any atom is 0.407 e. The molecule has 6 heteroatoms. The summed E-state index contributed by atoms with van der Waals surface area (Å²) in [4.78, 5) is 23.0. The number of unbranched alkanes of at least 4 members (excludes halogenated alkanes) is 2. The largest absolute Gasteiger partial charge is 0.444 e. The summed E-state index contributed by atoms with van der Waals surface area (Å²) in [5.41, 5.74) is -0.511. The lowest BCUT2D eigenvalue weighted by Gasteiger charge is -2.19. The third-order valence-electron chi connectivity index (χ3n) is 2.70. The molecule has 124 valence electrons. The molecule has 0 aliphatic carbocycles. The van der Waals surface area contributed by atoms with Crippen molar-refractivity contribution in [2.45, 2.75) is 71.9 Å². The van der Waals surface area contributed by atoms with Crippen LogP contribution in [0, 0.1) is 0 Å². The van der Waals surface area contributed by atoms with E-state index in [1.807, 2.05) is 6.92 Å². The van der Waals surface area contributed by atoms with Crippen molar-refractivity contribution in [3.63, 3.8) is 0 Å². The molecule has 3 N–H and O–H groups in total. The SMILES string of the molecule is CCCCCC(C)NC(=O)NCCNC(=O)OC(C)(C)C. The zero-order valence-corrected chi connectivity index (χ0v) is 14.0. The molecule has 0 bridgehead atoms. The Hall–Kier alpha value is -1.46. The second-order valence-electron chi connectivity index (χ2n) is 6.23. The highest BCUT2D eigenvalue weighted by molar-refractivity contribution is 5.74. The van der Waals surface area contributed by atoms with Crippen molar-refractivity contribution in [3.8, 4) is 0 Å². The second kappa shape index (κ2) is 10.3. The standard InChI is InChI=1S/C15H31N3O3/c1-6-7-8-9-12(2)18-13(19)16-10-11-17-14(20)21-15(3,4)5/h12H,6-11H2,1-5H3,(H,17,20)(H2,16,18,19). The van der Waals surface area contributed by atoms with E-state index in [0.717, 1.165) is 12.8 Å². The molecule has 21 heavy (non-hydrogen) atoms. The minimum atomic E-state index is -0.511. The second-order valence-corrected chi connectivity index (χ2v) is 6.23. The van der Waals surface area contributed by atoms with Crippen LogP contribution in [0.5, 0.6) is 0 Å². The van der Waals surface area contributed by atoms with Crippen LogP contribution < -0.4 is 16.0 Å². The van der Waals surface area contributed by atoms with Crippen LogP contribution in [0.4, 0.5) is 9.59 Å². The Kier molecular flexibility index (Phi) is 9.58. The van der Waals surface area contributed by atoms with Gasteiger partial charge in [0.2, 0.25) is 0 Å². The number of amides is 3. The molecule has 1 unspecified atom stereocenters. The van der Waals surface area contributed by atoms with Gasteiger partial charge in [-0.25, -0.2) is 9.59 Å². The third-order valence-corrected chi connectivity index (χ3v) is 2.70. The van der Waals surface area contributed by atoms with Crippen molar-refractivity contribution in [1.82, 2.24) is 16.0 Å². The lowest BCUT2D eigenvalue weighted by atomic mass is 10.1. The first kappa shape index (κ1) is 19.5. The van der Waals surface area contributed by atoms with Crippen molar-refractivity contribution < 1.29 is 14.3 Å². The predicted molar refractivity (Wildman–Crippen MR) is 84.4 cm³/mol. The molecule has 0 aromatic carbocycles. The molecule has 3 amide bonds. The third kappa shape index (κ3) is 13.3. The number of hydrogen-bond acceptors (Lipinski definition) is 3. The number of hydrogen-bond donors (Lipinski definition) is 3. The highest BCUT2D eigenvalue weighted by Gasteiger charge is 2.15. The Bertz CT molecular complexity index is 314. The number of carbonyl (C=O) groups excluding carboxylic acids is 2. The quantitative estimate of drug-likeness (QED) is 0.603. The van der Waals surface area contributed by atoms with Gasteiger partial charge in [-0.2, -0.15) is 0 Å². The van der Waals surface area contributed by atoms with Gasteiger partial charge in [0.25, 0.3) is 0 Å². The van der Waals surface area contributed by atoms with E-state index < -0.39 is 11.7 Å². The normalized spacial score (nSPS) is 12.4. The van der Waals surface area contributed by atoms with Crippen LogP contribution in [-0.4, -0.2) is 36.9 Å². The molecule has 0 saturated heterocycles. The van der Waals surface area contributed by atoms with Crippen molar-refractivity contribution in [1.29, 1.82) is 0 Å². The molecule has 6 nitrogen and oxygen atoms in total. The highest BCUT2D eigenvalue weighted by atomic mass is 16.6. The summed E-state index contributed by atoms with van der Waals surface area (Å²) in [5.74, 6) is 0. The van der Waals surface area contributed by atoms with Gasteiger partial charge < -0.3 is 20.7 Å². The highest BCUT2D eigenvalue weighted by Crippen LogP contribution is 2.06. The molecular formula is C15H31N3O3. The molecule has 0 fully saturated rings. The number of rotatable bonds is 8. The molecule has 1 atom stereocenters. The van der Waals surface area contributed by atoms with Gasteiger partial charge in [0.05, 0.1) is 0 Å². The molecule has 0 aliphatic rings. The van der Waals surface area contributed by atoms with Crippen LogP contribution in [0.15, 0.2) is 0 Å². The van der Waals surface area contributed by atoms with Crippen LogP contribution in [-0.2, 0) is 4.74 Å². The van der Waals surface area contributed by atoms with E-state index in [9.17, 15) is 9.59 Å². The number of alkyl carbamates (subject to hydrolysis) is 1. The van der Waals surface area contributed by atoms with Gasteiger partial charge in [-0.05, 0) is 34.1 Å². The van der Waals surface area contributed by atoms with E-state index in [-0.39, 0.29) is 12.1 Å². The van der Waals surface area contributed by atoms with Crippen LogP contribution >= 0.6 is 0 Å². The minimum absolute atomic E-state index is 0.162. The maximum atomic E-state index is 11.6. The summed E-state index contributed by atoms with van der Waals surface area (Å²) in [6.45, 7) is 10.3. The van der Waals surface area contributed by atoms with Gasteiger partial charge in [-0.15, -0.1) is 0 Å². The number of urea groups is 1. The van der Waals surface area contributed by atoms with Crippen molar-refractivity contribution in [3.05, 3.63) is 0 Å². The van der Waals surface area contributed by atoms with Crippen LogP contribution in [0.3, 0.4) is 0 Å². The molecular weight excluding hydrogens is 270 g/mol. The van der Waals surface area contributed by atoms with Crippen molar-refractivity contribution in [2.75, 3.05) is 13.1 Å². The summed E-state index contributed by atoms with van der Waals surface area (Å²) in [6.07, 6.45) is 4.00. The molecule has 0 rings (SSSR count). The number of nitrogens with one attached hydrogen (secondary N) is 3. The van der Waals surface area contributed by atoms with Crippen molar-refractivity contribution in [2.24, 2.45) is 0 Å². The van der Waals surface area contributed by atoms with E-state index in [1.165, 1.54) is 12.8 Å². The van der Waals surface area contributed by atoms with Gasteiger partial charge in [0.15, 0.2) is 0 Å².